The van der Waals surface area contributed by atoms with Crippen LogP contribution in [-0.2, 0) is 0 Å². The van der Waals surface area contributed by atoms with Gasteiger partial charge in [0.1, 0.15) is 0 Å². The highest BCUT2D eigenvalue weighted by atomic mass is 16.3. The molecule has 0 fully saturated rings. The van der Waals surface area contributed by atoms with Crippen molar-refractivity contribution in [2.45, 2.75) is 46.1 Å². The first-order chi connectivity index (χ1) is 6.87. The summed E-state index contributed by atoms with van der Waals surface area (Å²) in [6, 6.07) is 0. The maximum atomic E-state index is 9.97. The highest BCUT2D eigenvalue weighted by Gasteiger charge is 2.21. The molecule has 4 N–H and O–H groups in total. The molecule has 0 bridgehead atoms. The van der Waals surface area contributed by atoms with Crippen LogP contribution in [0, 0.1) is 5.92 Å². The van der Waals surface area contributed by atoms with Gasteiger partial charge in [-0.1, -0.05) is 20.8 Å². The second-order valence-corrected chi connectivity index (χ2v) is 4.72. The van der Waals surface area contributed by atoms with Crippen molar-refractivity contribution in [2.75, 3.05) is 13.1 Å². The fourth-order valence-electron chi connectivity index (χ4n) is 1.51. The van der Waals surface area contributed by atoms with E-state index < -0.39 is 5.60 Å². The molecule has 0 aliphatic carbocycles. The highest BCUT2D eigenvalue weighted by molar-refractivity contribution is 5.77. The van der Waals surface area contributed by atoms with E-state index >= 15 is 0 Å². The summed E-state index contributed by atoms with van der Waals surface area (Å²) in [6.07, 6.45) is 1.75. The predicted octanol–water partition coefficient (Wildman–Crippen LogP) is 1.10. The molecule has 1 atom stereocenters. The quantitative estimate of drug-likeness (QED) is 0.459. The van der Waals surface area contributed by atoms with Crippen LogP contribution in [0.2, 0.25) is 0 Å². The molecule has 0 heterocycles. The Bertz CT molecular complexity index is 200. The SMILES string of the molecule is CCCNC(N)=NCC(C)(O)CC(C)C. The second-order valence-electron chi connectivity index (χ2n) is 4.72. The molecule has 0 saturated heterocycles. The molecule has 90 valence electrons. The van der Waals surface area contributed by atoms with Crippen molar-refractivity contribution in [2.24, 2.45) is 16.6 Å². The van der Waals surface area contributed by atoms with E-state index in [-0.39, 0.29) is 0 Å². The van der Waals surface area contributed by atoms with Gasteiger partial charge in [-0.2, -0.15) is 0 Å². The first-order valence-corrected chi connectivity index (χ1v) is 5.63. The van der Waals surface area contributed by atoms with E-state index in [0.29, 0.717) is 18.4 Å². The van der Waals surface area contributed by atoms with Gasteiger partial charge in [0.15, 0.2) is 5.96 Å². The lowest BCUT2D eigenvalue weighted by molar-refractivity contribution is 0.0477. The van der Waals surface area contributed by atoms with Crippen molar-refractivity contribution >= 4 is 5.96 Å². The molecule has 0 saturated carbocycles. The zero-order valence-corrected chi connectivity index (χ0v) is 10.4. The van der Waals surface area contributed by atoms with E-state index in [1.807, 2.05) is 0 Å². The summed E-state index contributed by atoms with van der Waals surface area (Å²) in [6.45, 7) is 9.20. The molecule has 0 aromatic heterocycles. The van der Waals surface area contributed by atoms with E-state index in [1.165, 1.54) is 0 Å². The summed E-state index contributed by atoms with van der Waals surface area (Å²) >= 11 is 0. The Labute approximate surface area is 93.0 Å². The van der Waals surface area contributed by atoms with Gasteiger partial charge < -0.3 is 16.2 Å². The smallest absolute Gasteiger partial charge is 0.188 e. The largest absolute Gasteiger partial charge is 0.388 e. The van der Waals surface area contributed by atoms with E-state index in [2.05, 4.69) is 31.1 Å². The van der Waals surface area contributed by atoms with Crippen LogP contribution < -0.4 is 11.1 Å². The van der Waals surface area contributed by atoms with E-state index in [9.17, 15) is 5.11 Å². The van der Waals surface area contributed by atoms with Crippen LogP contribution >= 0.6 is 0 Å². The van der Waals surface area contributed by atoms with E-state index in [0.717, 1.165) is 19.4 Å². The van der Waals surface area contributed by atoms with Crippen LogP contribution in [0.1, 0.15) is 40.5 Å². The zero-order valence-electron chi connectivity index (χ0n) is 10.4. The normalized spacial score (nSPS) is 16.5. The molecule has 4 heteroatoms. The Kier molecular flexibility index (Phi) is 6.32. The number of nitrogens with one attached hydrogen (secondary N) is 1. The van der Waals surface area contributed by atoms with Crippen LogP contribution in [0.25, 0.3) is 0 Å². The molecular formula is C11H25N3O. The van der Waals surface area contributed by atoms with Crippen molar-refractivity contribution in [1.29, 1.82) is 0 Å². The molecule has 0 aliphatic rings. The van der Waals surface area contributed by atoms with Gasteiger partial charge in [-0.25, -0.2) is 0 Å². The number of rotatable bonds is 6. The molecule has 0 radical (unpaired) electrons. The van der Waals surface area contributed by atoms with Gasteiger partial charge in [-0.05, 0) is 25.7 Å². The first-order valence-electron chi connectivity index (χ1n) is 5.63. The molecule has 1 unspecified atom stereocenters. The lowest BCUT2D eigenvalue weighted by atomic mass is 9.94. The highest BCUT2D eigenvalue weighted by Crippen LogP contribution is 2.16. The summed E-state index contributed by atoms with van der Waals surface area (Å²) in [5.41, 5.74) is 4.87. The van der Waals surface area contributed by atoms with Crippen LogP contribution in [-0.4, -0.2) is 29.8 Å². The molecule has 0 rings (SSSR count). The monoisotopic (exact) mass is 215 g/mol. The topological polar surface area (TPSA) is 70.6 Å². The Balaban J connectivity index is 3.99. The third-order valence-electron chi connectivity index (χ3n) is 1.99. The molecule has 0 aliphatic heterocycles. The van der Waals surface area contributed by atoms with Crippen molar-refractivity contribution in [3.8, 4) is 0 Å². The molecular weight excluding hydrogens is 190 g/mol. The Morgan fingerprint density at radius 1 is 1.53 bits per heavy atom. The lowest BCUT2D eigenvalue weighted by Gasteiger charge is -2.23. The number of hydrogen-bond acceptors (Lipinski definition) is 2. The molecule has 0 aromatic rings. The number of aliphatic imine (C=N–C) groups is 1. The van der Waals surface area contributed by atoms with Crippen LogP contribution in [0.4, 0.5) is 0 Å². The Hall–Kier alpha value is -0.770. The summed E-state index contributed by atoms with van der Waals surface area (Å²) < 4.78 is 0. The van der Waals surface area contributed by atoms with Crippen LogP contribution in [0.3, 0.4) is 0 Å². The van der Waals surface area contributed by atoms with E-state index in [4.69, 9.17) is 5.73 Å². The Morgan fingerprint density at radius 2 is 2.13 bits per heavy atom. The summed E-state index contributed by atoms with van der Waals surface area (Å²) in [5.74, 6) is 0.876. The average molecular weight is 215 g/mol. The van der Waals surface area contributed by atoms with Crippen molar-refractivity contribution in [1.82, 2.24) is 5.32 Å². The van der Waals surface area contributed by atoms with E-state index in [1.54, 1.807) is 6.92 Å². The minimum atomic E-state index is -0.757. The number of hydrogen-bond donors (Lipinski definition) is 3. The molecule has 0 spiro atoms. The summed E-state index contributed by atoms with van der Waals surface area (Å²) in [4.78, 5) is 4.12. The molecule has 15 heavy (non-hydrogen) atoms. The van der Waals surface area contributed by atoms with Gasteiger partial charge in [0.25, 0.3) is 0 Å². The van der Waals surface area contributed by atoms with Gasteiger partial charge in [0.05, 0.1) is 12.1 Å². The van der Waals surface area contributed by atoms with Gasteiger partial charge >= 0.3 is 0 Å². The minimum Gasteiger partial charge on any atom is -0.388 e. The van der Waals surface area contributed by atoms with Crippen LogP contribution in [0.5, 0.6) is 0 Å². The number of guanidine groups is 1. The van der Waals surface area contributed by atoms with Gasteiger partial charge in [-0.3, -0.25) is 4.99 Å². The summed E-state index contributed by atoms with van der Waals surface area (Å²) in [7, 11) is 0. The van der Waals surface area contributed by atoms with Crippen molar-refractivity contribution in [3.05, 3.63) is 0 Å². The average Bonchev–Trinajstić information content (AvgIpc) is 2.09. The first kappa shape index (κ1) is 14.2. The zero-order chi connectivity index (χ0) is 11.9. The number of aliphatic hydroxyl groups is 1. The third-order valence-corrected chi connectivity index (χ3v) is 1.99. The van der Waals surface area contributed by atoms with Crippen LogP contribution in [0.15, 0.2) is 4.99 Å². The van der Waals surface area contributed by atoms with Crippen molar-refractivity contribution < 1.29 is 5.11 Å². The molecule has 0 amide bonds. The Morgan fingerprint density at radius 3 is 2.60 bits per heavy atom. The summed E-state index contributed by atoms with van der Waals surface area (Å²) in [5, 5.41) is 12.9. The van der Waals surface area contributed by atoms with Gasteiger partial charge in [-0.15, -0.1) is 0 Å². The minimum absolute atomic E-state index is 0.355. The maximum Gasteiger partial charge on any atom is 0.188 e. The van der Waals surface area contributed by atoms with Gasteiger partial charge in [0.2, 0.25) is 0 Å². The van der Waals surface area contributed by atoms with Crippen molar-refractivity contribution in [3.63, 3.8) is 0 Å². The predicted molar refractivity (Wildman–Crippen MR) is 64.9 cm³/mol. The standard InChI is InChI=1S/C11H25N3O/c1-5-6-13-10(12)14-8-11(4,15)7-9(2)3/h9,15H,5-8H2,1-4H3,(H3,12,13,14). The second kappa shape index (κ2) is 6.67. The number of nitrogens with two attached hydrogens (primary N) is 1. The lowest BCUT2D eigenvalue weighted by Crippen LogP contribution is -2.36. The fraction of sp³-hybridized carbons (Fsp3) is 0.909. The maximum absolute atomic E-state index is 9.97. The fourth-order valence-corrected chi connectivity index (χ4v) is 1.51. The third kappa shape index (κ3) is 8.24. The number of nitrogens with zero attached hydrogens (tertiary/aromatic N) is 1. The molecule has 4 nitrogen and oxygen atoms in total. The van der Waals surface area contributed by atoms with Gasteiger partial charge in [0, 0.05) is 6.54 Å². The molecule has 0 aromatic carbocycles.